The highest BCUT2D eigenvalue weighted by Crippen LogP contribution is 2.27. The van der Waals surface area contributed by atoms with E-state index in [0.717, 1.165) is 26.9 Å². The van der Waals surface area contributed by atoms with Gasteiger partial charge < -0.3 is 4.74 Å². The largest absolute Gasteiger partial charge is 0.457 e. The lowest BCUT2D eigenvalue weighted by molar-refractivity contribution is -0.121. The highest BCUT2D eigenvalue weighted by molar-refractivity contribution is 7.92. The molecule has 178 valence electrons. The van der Waals surface area contributed by atoms with Crippen molar-refractivity contribution in [2.24, 2.45) is 5.10 Å². The first-order valence-corrected chi connectivity index (χ1v) is 12.8. The van der Waals surface area contributed by atoms with Crippen molar-refractivity contribution in [3.8, 4) is 11.5 Å². The van der Waals surface area contributed by atoms with Gasteiger partial charge in [-0.1, -0.05) is 60.7 Å². The average Bonchev–Trinajstić information content (AvgIpc) is 2.85. The molecule has 0 saturated carbocycles. The number of fused-ring (bicyclic) bond motifs is 1. The first kappa shape index (κ1) is 24.0. The Morgan fingerprint density at radius 3 is 2.23 bits per heavy atom. The summed E-state index contributed by atoms with van der Waals surface area (Å²) in [6.07, 6.45) is 2.61. The zero-order valence-corrected chi connectivity index (χ0v) is 20.1. The van der Waals surface area contributed by atoms with Crippen LogP contribution in [0.2, 0.25) is 0 Å². The van der Waals surface area contributed by atoms with Crippen LogP contribution in [0, 0.1) is 0 Å². The third-order valence-electron chi connectivity index (χ3n) is 5.36. The van der Waals surface area contributed by atoms with Gasteiger partial charge in [-0.15, -0.1) is 0 Å². The Morgan fingerprint density at radius 2 is 1.51 bits per heavy atom. The fourth-order valence-electron chi connectivity index (χ4n) is 3.72. The van der Waals surface area contributed by atoms with Gasteiger partial charge in [0.2, 0.25) is 10.0 Å². The second-order valence-corrected chi connectivity index (χ2v) is 9.81. The maximum atomic E-state index is 12.8. The molecule has 1 N–H and O–H groups in total. The standard InChI is InChI=1S/C27H25N3O4S/c1-20(27(31)29-28-19-22-11-8-10-21-9-6-7-14-26(21)22)30(35(2,32)33)23-15-17-25(18-16-23)34-24-12-4-3-5-13-24/h3-20H,1-2H3,(H,29,31)/b28-19-/t20-/m1/s1. The Labute approximate surface area is 204 Å². The van der Waals surface area contributed by atoms with Crippen LogP contribution in [0.15, 0.2) is 102 Å². The number of nitrogens with zero attached hydrogens (tertiary/aromatic N) is 2. The van der Waals surface area contributed by atoms with Gasteiger partial charge in [-0.3, -0.25) is 9.10 Å². The number of amides is 1. The lowest BCUT2D eigenvalue weighted by Crippen LogP contribution is -2.46. The van der Waals surface area contributed by atoms with Crippen LogP contribution in [0.25, 0.3) is 10.8 Å². The molecule has 0 aliphatic rings. The molecular weight excluding hydrogens is 462 g/mol. The Hall–Kier alpha value is -4.17. The van der Waals surface area contributed by atoms with E-state index in [1.165, 1.54) is 6.92 Å². The molecule has 0 heterocycles. The van der Waals surface area contributed by atoms with Gasteiger partial charge >= 0.3 is 0 Å². The fraction of sp³-hybridized carbons (Fsp3) is 0.111. The molecule has 0 spiro atoms. The minimum Gasteiger partial charge on any atom is -0.457 e. The predicted molar refractivity (Wildman–Crippen MR) is 139 cm³/mol. The molecule has 8 heteroatoms. The predicted octanol–water partition coefficient (Wildman–Crippen LogP) is 4.94. The van der Waals surface area contributed by atoms with Crippen LogP contribution in [0.3, 0.4) is 0 Å². The summed E-state index contributed by atoms with van der Waals surface area (Å²) in [6.45, 7) is 1.51. The number of carbonyl (C=O) groups is 1. The number of hydrazone groups is 1. The van der Waals surface area contributed by atoms with E-state index in [1.54, 1.807) is 30.5 Å². The smallest absolute Gasteiger partial charge is 0.263 e. The molecule has 1 amide bonds. The van der Waals surface area contributed by atoms with E-state index in [0.29, 0.717) is 17.2 Å². The highest BCUT2D eigenvalue weighted by Gasteiger charge is 2.29. The van der Waals surface area contributed by atoms with Crippen molar-refractivity contribution in [3.05, 3.63) is 103 Å². The zero-order chi connectivity index (χ0) is 24.8. The van der Waals surface area contributed by atoms with E-state index in [4.69, 9.17) is 4.74 Å². The first-order chi connectivity index (χ1) is 16.8. The van der Waals surface area contributed by atoms with E-state index in [2.05, 4.69) is 10.5 Å². The number of para-hydroxylation sites is 1. The Bertz CT molecular complexity index is 1450. The summed E-state index contributed by atoms with van der Waals surface area (Å²) in [5.41, 5.74) is 3.64. The molecular formula is C27H25N3O4S. The van der Waals surface area contributed by atoms with Gasteiger partial charge in [0.25, 0.3) is 5.91 Å². The van der Waals surface area contributed by atoms with E-state index < -0.39 is 22.0 Å². The maximum absolute atomic E-state index is 12.8. The minimum absolute atomic E-state index is 0.341. The van der Waals surface area contributed by atoms with Crippen LogP contribution in [-0.4, -0.2) is 32.8 Å². The van der Waals surface area contributed by atoms with Crippen LogP contribution in [-0.2, 0) is 14.8 Å². The summed E-state index contributed by atoms with van der Waals surface area (Å²) in [4.78, 5) is 12.8. The number of carbonyl (C=O) groups excluding carboxylic acids is 1. The Morgan fingerprint density at radius 1 is 0.886 bits per heavy atom. The molecule has 0 aromatic heterocycles. The molecule has 4 rings (SSSR count). The van der Waals surface area contributed by atoms with Crippen molar-refractivity contribution in [2.75, 3.05) is 10.6 Å². The molecule has 0 aliphatic carbocycles. The number of benzene rings is 4. The summed E-state index contributed by atoms with van der Waals surface area (Å²) in [7, 11) is -3.76. The van der Waals surface area contributed by atoms with E-state index in [-0.39, 0.29) is 0 Å². The lowest BCUT2D eigenvalue weighted by atomic mass is 10.1. The first-order valence-electron chi connectivity index (χ1n) is 11.0. The topological polar surface area (TPSA) is 88.1 Å². The van der Waals surface area contributed by atoms with Gasteiger partial charge in [-0.25, -0.2) is 13.8 Å². The van der Waals surface area contributed by atoms with Crippen molar-refractivity contribution in [1.82, 2.24) is 5.43 Å². The van der Waals surface area contributed by atoms with Crippen molar-refractivity contribution < 1.29 is 17.9 Å². The molecule has 7 nitrogen and oxygen atoms in total. The highest BCUT2D eigenvalue weighted by atomic mass is 32.2. The average molecular weight is 488 g/mol. The van der Waals surface area contributed by atoms with Crippen LogP contribution < -0.4 is 14.5 Å². The third kappa shape index (κ3) is 5.85. The molecule has 1 atom stereocenters. The zero-order valence-electron chi connectivity index (χ0n) is 19.3. The Balaban J connectivity index is 1.49. The molecule has 0 saturated heterocycles. The molecule has 0 radical (unpaired) electrons. The van der Waals surface area contributed by atoms with Crippen molar-refractivity contribution >= 4 is 38.6 Å². The van der Waals surface area contributed by atoms with Gasteiger partial charge in [0, 0.05) is 5.56 Å². The molecule has 4 aromatic carbocycles. The number of sulfonamides is 1. The van der Waals surface area contributed by atoms with Gasteiger partial charge in [-0.05, 0) is 54.1 Å². The number of hydrogen-bond acceptors (Lipinski definition) is 5. The second kappa shape index (κ2) is 10.4. The SMILES string of the molecule is C[C@H](C(=O)N/N=C\c1cccc2ccccc12)N(c1ccc(Oc2ccccc2)cc1)S(C)(=O)=O. The molecule has 0 fully saturated rings. The number of rotatable bonds is 8. The molecule has 4 aromatic rings. The van der Waals surface area contributed by atoms with Crippen molar-refractivity contribution in [2.45, 2.75) is 13.0 Å². The van der Waals surface area contributed by atoms with E-state index in [1.807, 2.05) is 72.8 Å². The number of ether oxygens (including phenoxy) is 1. The van der Waals surface area contributed by atoms with Crippen molar-refractivity contribution in [1.29, 1.82) is 0 Å². The molecule has 0 aliphatic heterocycles. The van der Waals surface area contributed by atoms with Gasteiger partial charge in [-0.2, -0.15) is 5.10 Å². The van der Waals surface area contributed by atoms with E-state index >= 15 is 0 Å². The van der Waals surface area contributed by atoms with Crippen LogP contribution in [0.1, 0.15) is 12.5 Å². The molecule has 0 bridgehead atoms. The maximum Gasteiger partial charge on any atom is 0.263 e. The quantitative estimate of drug-likeness (QED) is 0.282. The summed E-state index contributed by atoms with van der Waals surface area (Å²) < 4.78 is 32.0. The van der Waals surface area contributed by atoms with Gasteiger partial charge in [0.05, 0.1) is 18.2 Å². The summed E-state index contributed by atoms with van der Waals surface area (Å²) >= 11 is 0. The minimum atomic E-state index is -3.76. The molecule has 35 heavy (non-hydrogen) atoms. The summed E-state index contributed by atoms with van der Waals surface area (Å²) in [6, 6.07) is 28.4. The molecule has 0 unspecified atom stereocenters. The number of anilines is 1. The number of hydrogen-bond donors (Lipinski definition) is 1. The monoisotopic (exact) mass is 487 g/mol. The van der Waals surface area contributed by atoms with Crippen LogP contribution in [0.5, 0.6) is 11.5 Å². The summed E-state index contributed by atoms with van der Waals surface area (Å²) in [5.74, 6) is 0.652. The number of nitrogens with one attached hydrogen (secondary N) is 1. The van der Waals surface area contributed by atoms with Crippen LogP contribution in [0.4, 0.5) is 5.69 Å². The summed E-state index contributed by atoms with van der Waals surface area (Å²) in [5, 5.41) is 6.12. The van der Waals surface area contributed by atoms with Crippen molar-refractivity contribution in [3.63, 3.8) is 0 Å². The normalized spacial score (nSPS) is 12.4. The van der Waals surface area contributed by atoms with Gasteiger partial charge in [0.1, 0.15) is 17.5 Å². The lowest BCUT2D eigenvalue weighted by Gasteiger charge is -2.27. The third-order valence-corrected chi connectivity index (χ3v) is 6.60. The van der Waals surface area contributed by atoms with Crippen LogP contribution >= 0.6 is 0 Å². The van der Waals surface area contributed by atoms with E-state index in [9.17, 15) is 13.2 Å². The Kier molecular flexibility index (Phi) is 7.12. The second-order valence-electron chi connectivity index (χ2n) is 7.95. The fourth-order valence-corrected chi connectivity index (χ4v) is 4.89. The van der Waals surface area contributed by atoms with Gasteiger partial charge in [0.15, 0.2) is 0 Å².